The predicted octanol–water partition coefficient (Wildman–Crippen LogP) is 1.79. The van der Waals surface area contributed by atoms with Gasteiger partial charge < -0.3 is 5.32 Å². The van der Waals surface area contributed by atoms with Crippen LogP contribution in [0.2, 0.25) is 0 Å². The largest absolute Gasteiger partial charge is 0.338 e. The van der Waals surface area contributed by atoms with Crippen LogP contribution in [0, 0.1) is 0 Å². The van der Waals surface area contributed by atoms with Gasteiger partial charge in [0.15, 0.2) is 0 Å². The first kappa shape index (κ1) is 11.4. The van der Waals surface area contributed by atoms with E-state index in [9.17, 15) is 4.79 Å². The summed E-state index contributed by atoms with van der Waals surface area (Å²) in [5.74, 6) is 0.512. The van der Waals surface area contributed by atoms with Crippen LogP contribution in [-0.2, 0) is 0 Å². The second kappa shape index (κ2) is 6.75. The summed E-state index contributed by atoms with van der Waals surface area (Å²) in [6.45, 7) is 2.83. The van der Waals surface area contributed by atoms with Crippen LogP contribution in [0.1, 0.15) is 26.2 Å². The van der Waals surface area contributed by atoms with Crippen LogP contribution in [-0.4, -0.2) is 22.5 Å². The van der Waals surface area contributed by atoms with Crippen LogP contribution in [0.5, 0.6) is 0 Å². The minimum absolute atomic E-state index is 0.218. The molecule has 2 amide bonds. The Morgan fingerprint density at radius 2 is 2.33 bits per heavy atom. The minimum atomic E-state index is -0.218. The molecule has 0 aliphatic rings. The lowest BCUT2D eigenvalue weighted by Gasteiger charge is -2.05. The van der Waals surface area contributed by atoms with Crippen molar-refractivity contribution in [1.82, 2.24) is 15.3 Å². The van der Waals surface area contributed by atoms with Gasteiger partial charge in [-0.2, -0.15) is 0 Å². The Kier molecular flexibility index (Phi) is 5.14. The molecule has 15 heavy (non-hydrogen) atoms. The normalized spacial score (nSPS) is 9.67. The summed E-state index contributed by atoms with van der Waals surface area (Å²) in [4.78, 5) is 18.9. The van der Waals surface area contributed by atoms with Crippen molar-refractivity contribution in [1.29, 1.82) is 0 Å². The zero-order valence-corrected chi connectivity index (χ0v) is 8.86. The lowest BCUT2D eigenvalue weighted by atomic mass is 10.2. The van der Waals surface area contributed by atoms with Gasteiger partial charge in [-0.05, 0) is 12.5 Å². The molecule has 0 bridgehead atoms. The summed E-state index contributed by atoms with van der Waals surface area (Å²) in [5, 5.41) is 5.37. The highest BCUT2D eigenvalue weighted by atomic mass is 16.2. The van der Waals surface area contributed by atoms with Crippen LogP contribution in [0.15, 0.2) is 18.6 Å². The number of amides is 2. The summed E-state index contributed by atoms with van der Waals surface area (Å²) in [6.07, 6.45) is 6.27. The van der Waals surface area contributed by atoms with Crippen molar-refractivity contribution in [3.8, 4) is 0 Å². The number of rotatable bonds is 5. The van der Waals surface area contributed by atoms with E-state index in [2.05, 4.69) is 27.5 Å². The fourth-order valence-corrected chi connectivity index (χ4v) is 1.10. The third-order valence-corrected chi connectivity index (χ3v) is 1.89. The van der Waals surface area contributed by atoms with Crippen molar-refractivity contribution in [2.45, 2.75) is 26.2 Å². The summed E-state index contributed by atoms with van der Waals surface area (Å²) < 4.78 is 0. The number of hydrogen-bond acceptors (Lipinski definition) is 3. The maximum Gasteiger partial charge on any atom is 0.320 e. The molecule has 0 spiro atoms. The molecule has 1 aromatic rings. The molecule has 82 valence electrons. The highest BCUT2D eigenvalue weighted by Crippen LogP contribution is 1.97. The molecule has 5 heteroatoms. The third kappa shape index (κ3) is 4.95. The van der Waals surface area contributed by atoms with Crippen LogP contribution in [0.25, 0.3) is 0 Å². The topological polar surface area (TPSA) is 66.9 Å². The summed E-state index contributed by atoms with van der Waals surface area (Å²) in [6, 6.07) is 1.43. The maximum absolute atomic E-state index is 11.3. The lowest BCUT2D eigenvalue weighted by Crippen LogP contribution is -2.29. The van der Waals surface area contributed by atoms with Crippen LogP contribution >= 0.6 is 0 Å². The second-order valence-corrected chi connectivity index (χ2v) is 3.18. The predicted molar refractivity (Wildman–Crippen MR) is 58.6 cm³/mol. The summed E-state index contributed by atoms with van der Waals surface area (Å²) >= 11 is 0. The average Bonchev–Trinajstić information content (AvgIpc) is 2.26. The number of urea groups is 1. The molecule has 1 heterocycles. The monoisotopic (exact) mass is 208 g/mol. The van der Waals surface area contributed by atoms with Gasteiger partial charge in [-0.1, -0.05) is 19.8 Å². The van der Waals surface area contributed by atoms with E-state index in [1.54, 1.807) is 12.3 Å². The first-order valence-corrected chi connectivity index (χ1v) is 5.13. The van der Waals surface area contributed by atoms with Gasteiger partial charge in [0.1, 0.15) is 12.1 Å². The van der Waals surface area contributed by atoms with Gasteiger partial charge >= 0.3 is 6.03 Å². The number of hydrogen-bond donors (Lipinski definition) is 2. The SMILES string of the molecule is CCCCCNC(=O)Nc1ccncn1. The molecule has 0 saturated heterocycles. The molecule has 0 radical (unpaired) electrons. The van der Waals surface area contributed by atoms with Crippen molar-refractivity contribution in [2.75, 3.05) is 11.9 Å². The van der Waals surface area contributed by atoms with Crippen molar-refractivity contribution in [3.05, 3.63) is 18.6 Å². The number of nitrogens with zero attached hydrogens (tertiary/aromatic N) is 2. The standard InChI is InChI=1S/C10H16N4O/c1-2-3-4-6-12-10(15)14-9-5-7-11-8-13-9/h5,7-8H,2-4,6H2,1H3,(H2,11,12,13,14,15). The van der Waals surface area contributed by atoms with Gasteiger partial charge in [-0.15, -0.1) is 0 Å². The van der Waals surface area contributed by atoms with E-state index in [0.29, 0.717) is 12.4 Å². The molecule has 0 fully saturated rings. The Balaban J connectivity index is 2.19. The fraction of sp³-hybridized carbons (Fsp3) is 0.500. The smallest absolute Gasteiger partial charge is 0.320 e. The van der Waals surface area contributed by atoms with E-state index in [0.717, 1.165) is 19.3 Å². The van der Waals surface area contributed by atoms with Crippen LogP contribution < -0.4 is 10.6 Å². The van der Waals surface area contributed by atoms with E-state index in [1.165, 1.54) is 6.33 Å². The third-order valence-electron chi connectivity index (χ3n) is 1.89. The molecule has 0 saturated carbocycles. The van der Waals surface area contributed by atoms with Gasteiger partial charge in [-0.25, -0.2) is 14.8 Å². The molecule has 0 unspecified atom stereocenters. The Morgan fingerprint density at radius 1 is 1.47 bits per heavy atom. The van der Waals surface area contributed by atoms with Gasteiger partial charge in [0, 0.05) is 12.7 Å². The van der Waals surface area contributed by atoms with Crippen molar-refractivity contribution in [3.63, 3.8) is 0 Å². The maximum atomic E-state index is 11.3. The van der Waals surface area contributed by atoms with Crippen molar-refractivity contribution in [2.24, 2.45) is 0 Å². The van der Waals surface area contributed by atoms with E-state index in [4.69, 9.17) is 0 Å². The number of anilines is 1. The number of carbonyl (C=O) groups is 1. The van der Waals surface area contributed by atoms with Gasteiger partial charge in [0.05, 0.1) is 0 Å². The Morgan fingerprint density at radius 3 is 3.00 bits per heavy atom. The molecule has 0 atom stereocenters. The Hall–Kier alpha value is -1.65. The van der Waals surface area contributed by atoms with Crippen molar-refractivity contribution >= 4 is 11.8 Å². The fourth-order valence-electron chi connectivity index (χ4n) is 1.10. The van der Waals surface area contributed by atoms with Gasteiger partial charge in [-0.3, -0.25) is 5.32 Å². The first-order chi connectivity index (χ1) is 7.33. The minimum Gasteiger partial charge on any atom is -0.338 e. The molecular formula is C10H16N4O. The molecule has 5 nitrogen and oxygen atoms in total. The van der Waals surface area contributed by atoms with Crippen molar-refractivity contribution < 1.29 is 4.79 Å². The van der Waals surface area contributed by atoms with Gasteiger partial charge in [0.2, 0.25) is 0 Å². The summed E-state index contributed by atoms with van der Waals surface area (Å²) in [5.41, 5.74) is 0. The molecule has 1 aromatic heterocycles. The van der Waals surface area contributed by atoms with Crippen LogP contribution in [0.3, 0.4) is 0 Å². The van der Waals surface area contributed by atoms with E-state index in [-0.39, 0.29) is 6.03 Å². The molecule has 0 aliphatic carbocycles. The Labute approximate surface area is 89.3 Å². The highest BCUT2D eigenvalue weighted by molar-refractivity contribution is 5.87. The highest BCUT2D eigenvalue weighted by Gasteiger charge is 2.00. The zero-order valence-electron chi connectivity index (χ0n) is 8.86. The van der Waals surface area contributed by atoms with E-state index in [1.807, 2.05) is 0 Å². The molecule has 1 rings (SSSR count). The van der Waals surface area contributed by atoms with E-state index < -0.39 is 0 Å². The average molecular weight is 208 g/mol. The number of unbranched alkanes of at least 4 members (excludes halogenated alkanes) is 2. The molecule has 0 aliphatic heterocycles. The second-order valence-electron chi connectivity index (χ2n) is 3.18. The zero-order chi connectivity index (χ0) is 10.9. The number of aromatic nitrogens is 2. The first-order valence-electron chi connectivity index (χ1n) is 5.13. The molecular weight excluding hydrogens is 192 g/mol. The van der Waals surface area contributed by atoms with Gasteiger partial charge in [0.25, 0.3) is 0 Å². The quantitative estimate of drug-likeness (QED) is 0.725. The number of carbonyl (C=O) groups excluding carboxylic acids is 1. The van der Waals surface area contributed by atoms with E-state index >= 15 is 0 Å². The summed E-state index contributed by atoms with van der Waals surface area (Å²) in [7, 11) is 0. The molecule has 2 N–H and O–H groups in total. The van der Waals surface area contributed by atoms with Crippen LogP contribution in [0.4, 0.5) is 10.6 Å². The Bertz CT molecular complexity index is 289. The lowest BCUT2D eigenvalue weighted by molar-refractivity contribution is 0.252. The molecule has 0 aromatic carbocycles. The number of nitrogens with one attached hydrogen (secondary N) is 2.